The van der Waals surface area contributed by atoms with Gasteiger partial charge in [-0.05, 0) is 31.9 Å². The third-order valence-corrected chi connectivity index (χ3v) is 4.70. The molecule has 1 aliphatic rings. The van der Waals surface area contributed by atoms with Gasteiger partial charge in [0.05, 0.1) is 18.6 Å². The fourth-order valence-electron chi connectivity index (χ4n) is 3.39. The summed E-state index contributed by atoms with van der Waals surface area (Å²) in [6, 6.07) is 2.63. The van der Waals surface area contributed by atoms with E-state index < -0.39 is 0 Å². The highest BCUT2D eigenvalue weighted by Gasteiger charge is 2.23. The van der Waals surface area contributed by atoms with Gasteiger partial charge in [0, 0.05) is 51.4 Å². The highest BCUT2D eigenvalue weighted by Crippen LogP contribution is 2.22. The second-order valence-electron chi connectivity index (χ2n) is 6.25. The first-order valence-corrected chi connectivity index (χ1v) is 8.56. The van der Waals surface area contributed by atoms with E-state index >= 15 is 0 Å². The second kappa shape index (κ2) is 8.26. The summed E-state index contributed by atoms with van der Waals surface area (Å²) in [6.07, 6.45) is 12.9. The summed E-state index contributed by atoms with van der Waals surface area (Å²) < 4.78 is 9.44. The van der Waals surface area contributed by atoms with E-state index in [9.17, 15) is 0 Å². The molecule has 1 saturated heterocycles. The van der Waals surface area contributed by atoms with Gasteiger partial charge < -0.3 is 9.30 Å². The number of likely N-dealkylation sites (tertiary alicyclic amines) is 1. The molecule has 1 aliphatic heterocycles. The van der Waals surface area contributed by atoms with Crippen LogP contribution >= 0.6 is 0 Å². The molecule has 0 saturated carbocycles. The van der Waals surface area contributed by atoms with E-state index in [4.69, 9.17) is 4.74 Å². The Morgan fingerprint density at radius 2 is 2.26 bits per heavy atom. The number of nitrogens with zero attached hydrogens (tertiary/aromatic N) is 5. The number of ether oxygens (including phenoxy) is 1. The van der Waals surface area contributed by atoms with Crippen LogP contribution in [-0.2, 0) is 24.4 Å². The largest absolute Gasteiger partial charge is 0.383 e. The van der Waals surface area contributed by atoms with Crippen LogP contribution in [0.3, 0.4) is 0 Å². The Labute approximate surface area is 138 Å². The van der Waals surface area contributed by atoms with Gasteiger partial charge in [-0.2, -0.15) is 5.10 Å². The maximum Gasteiger partial charge on any atom is 0.0949 e. The lowest BCUT2D eigenvalue weighted by Crippen LogP contribution is -2.40. The molecular weight excluding hydrogens is 290 g/mol. The Morgan fingerprint density at radius 1 is 1.30 bits per heavy atom. The van der Waals surface area contributed by atoms with Gasteiger partial charge in [-0.15, -0.1) is 0 Å². The summed E-state index contributed by atoms with van der Waals surface area (Å²) in [6.45, 7) is 4.76. The number of aryl methyl sites for hydroxylation is 1. The monoisotopic (exact) mass is 317 g/mol. The predicted octanol–water partition coefficient (Wildman–Crippen LogP) is 2.17. The number of methoxy groups -OCH3 is 1. The molecule has 126 valence electrons. The molecule has 6 nitrogen and oxygen atoms in total. The molecule has 0 aliphatic carbocycles. The fraction of sp³-hybridized carbons (Fsp3) is 0.647. The zero-order chi connectivity index (χ0) is 15.9. The van der Waals surface area contributed by atoms with E-state index in [1.807, 2.05) is 35.7 Å². The molecule has 0 bridgehead atoms. The Bertz CT molecular complexity index is 565. The third-order valence-electron chi connectivity index (χ3n) is 4.70. The Hall–Kier alpha value is -1.66. The van der Waals surface area contributed by atoms with Gasteiger partial charge in [-0.25, -0.2) is 4.98 Å². The summed E-state index contributed by atoms with van der Waals surface area (Å²) in [5, 5.41) is 4.32. The van der Waals surface area contributed by atoms with E-state index in [-0.39, 0.29) is 0 Å². The molecule has 3 heterocycles. The molecule has 0 N–H and O–H groups in total. The highest BCUT2D eigenvalue weighted by atomic mass is 16.5. The van der Waals surface area contributed by atoms with Crippen molar-refractivity contribution in [2.45, 2.75) is 51.4 Å². The Kier molecular flexibility index (Phi) is 5.82. The predicted molar refractivity (Wildman–Crippen MR) is 89.0 cm³/mol. The minimum absolute atomic E-state index is 0.638. The molecule has 6 heteroatoms. The van der Waals surface area contributed by atoms with Crippen LogP contribution in [0.5, 0.6) is 0 Å². The van der Waals surface area contributed by atoms with Crippen LogP contribution in [0.4, 0.5) is 0 Å². The normalized spacial score (nSPS) is 19.3. The molecule has 0 amide bonds. The molecule has 23 heavy (non-hydrogen) atoms. The molecule has 0 unspecified atom stereocenters. The van der Waals surface area contributed by atoms with Crippen LogP contribution in [0.25, 0.3) is 0 Å². The second-order valence-corrected chi connectivity index (χ2v) is 6.25. The zero-order valence-electron chi connectivity index (χ0n) is 14.0. The SMILES string of the molecule is COCCn1cncc1CN1CCCC[C@@H]1CCn1cccn1. The highest BCUT2D eigenvalue weighted by molar-refractivity contribution is 4.99. The topological polar surface area (TPSA) is 48.1 Å². The minimum Gasteiger partial charge on any atom is -0.383 e. The summed E-state index contributed by atoms with van der Waals surface area (Å²) >= 11 is 0. The van der Waals surface area contributed by atoms with E-state index in [1.54, 1.807) is 7.11 Å². The Balaban J connectivity index is 1.59. The molecule has 2 aromatic rings. The minimum atomic E-state index is 0.638. The quantitative estimate of drug-likeness (QED) is 0.749. The number of hydrogen-bond donors (Lipinski definition) is 0. The van der Waals surface area contributed by atoms with Crippen LogP contribution in [-0.4, -0.2) is 50.5 Å². The van der Waals surface area contributed by atoms with Crippen molar-refractivity contribution in [1.82, 2.24) is 24.2 Å². The first-order valence-electron chi connectivity index (χ1n) is 8.56. The van der Waals surface area contributed by atoms with Crippen molar-refractivity contribution in [3.8, 4) is 0 Å². The summed E-state index contributed by atoms with van der Waals surface area (Å²) in [5.74, 6) is 0. The lowest BCUT2D eigenvalue weighted by atomic mass is 9.99. The fourth-order valence-corrected chi connectivity index (χ4v) is 3.39. The van der Waals surface area contributed by atoms with Gasteiger partial charge in [0.2, 0.25) is 0 Å². The molecule has 1 atom stereocenters. The average Bonchev–Trinajstić information content (AvgIpc) is 3.24. The summed E-state index contributed by atoms with van der Waals surface area (Å²) in [5.41, 5.74) is 1.29. The number of rotatable bonds is 8. The molecule has 0 spiro atoms. The van der Waals surface area contributed by atoms with Gasteiger partial charge in [-0.1, -0.05) is 6.42 Å². The van der Waals surface area contributed by atoms with Gasteiger partial charge >= 0.3 is 0 Å². The summed E-state index contributed by atoms with van der Waals surface area (Å²) in [7, 11) is 1.74. The van der Waals surface area contributed by atoms with Crippen molar-refractivity contribution in [1.29, 1.82) is 0 Å². The maximum atomic E-state index is 5.19. The molecule has 1 fully saturated rings. The smallest absolute Gasteiger partial charge is 0.0949 e. The summed E-state index contributed by atoms with van der Waals surface area (Å²) in [4.78, 5) is 6.94. The van der Waals surface area contributed by atoms with Crippen molar-refractivity contribution in [3.63, 3.8) is 0 Å². The van der Waals surface area contributed by atoms with Gasteiger partial charge in [0.1, 0.15) is 0 Å². The van der Waals surface area contributed by atoms with E-state index in [0.717, 1.165) is 32.7 Å². The molecule has 2 aromatic heterocycles. The van der Waals surface area contributed by atoms with Crippen LogP contribution in [0.1, 0.15) is 31.4 Å². The average molecular weight is 317 g/mol. The first kappa shape index (κ1) is 16.2. The molecule has 0 aromatic carbocycles. The van der Waals surface area contributed by atoms with Gasteiger partial charge in [-0.3, -0.25) is 9.58 Å². The molecular formula is C17H27N5O. The zero-order valence-corrected chi connectivity index (χ0v) is 14.0. The number of aromatic nitrogens is 4. The van der Waals surface area contributed by atoms with Crippen molar-refractivity contribution in [2.75, 3.05) is 20.3 Å². The lowest BCUT2D eigenvalue weighted by Gasteiger charge is -2.35. The first-order chi connectivity index (χ1) is 11.4. The lowest BCUT2D eigenvalue weighted by molar-refractivity contribution is 0.122. The van der Waals surface area contributed by atoms with Crippen molar-refractivity contribution in [3.05, 3.63) is 36.7 Å². The molecule has 3 rings (SSSR count). The van der Waals surface area contributed by atoms with Crippen molar-refractivity contribution >= 4 is 0 Å². The van der Waals surface area contributed by atoms with Gasteiger partial charge in [0.15, 0.2) is 0 Å². The van der Waals surface area contributed by atoms with Crippen LogP contribution in [0.2, 0.25) is 0 Å². The van der Waals surface area contributed by atoms with E-state index in [0.29, 0.717) is 6.04 Å². The number of piperidine rings is 1. The van der Waals surface area contributed by atoms with E-state index in [2.05, 4.69) is 19.5 Å². The maximum absolute atomic E-state index is 5.19. The van der Waals surface area contributed by atoms with Crippen LogP contribution in [0, 0.1) is 0 Å². The molecule has 0 radical (unpaired) electrons. The Morgan fingerprint density at radius 3 is 3.09 bits per heavy atom. The van der Waals surface area contributed by atoms with E-state index in [1.165, 1.54) is 31.5 Å². The van der Waals surface area contributed by atoms with Crippen molar-refractivity contribution in [2.24, 2.45) is 0 Å². The third kappa shape index (κ3) is 4.42. The van der Waals surface area contributed by atoms with Gasteiger partial charge in [0.25, 0.3) is 0 Å². The number of imidazole rings is 1. The van der Waals surface area contributed by atoms with Crippen molar-refractivity contribution < 1.29 is 4.74 Å². The number of hydrogen-bond acceptors (Lipinski definition) is 4. The standard InChI is InChI=1S/C17H27N5O/c1-23-12-11-21-15-18-13-17(21)14-20-8-3-2-5-16(20)6-10-22-9-4-7-19-22/h4,7,9,13,15-16H,2-3,5-6,8,10-12,14H2,1H3/t16-/m1/s1. The van der Waals surface area contributed by atoms with Crippen LogP contribution in [0.15, 0.2) is 31.0 Å². The van der Waals surface area contributed by atoms with Crippen LogP contribution < -0.4 is 0 Å².